The molecule has 2 aromatic rings. The van der Waals surface area contributed by atoms with Crippen molar-refractivity contribution < 1.29 is 13.9 Å². The molecule has 4 heteroatoms. The predicted molar refractivity (Wildman–Crippen MR) is 68.6 cm³/mol. The van der Waals surface area contributed by atoms with Crippen LogP contribution < -0.4 is 0 Å². The molecule has 1 atom stereocenters. The van der Waals surface area contributed by atoms with E-state index in [0.717, 1.165) is 17.0 Å². The molecule has 0 aromatic heterocycles. The van der Waals surface area contributed by atoms with E-state index in [-0.39, 0.29) is 5.56 Å². The molecule has 0 amide bonds. The lowest BCUT2D eigenvalue weighted by molar-refractivity contribution is 0.214. The zero-order chi connectivity index (χ0) is 13.1. The molecule has 94 valence electrons. The van der Waals surface area contributed by atoms with E-state index in [1.165, 1.54) is 6.07 Å². The van der Waals surface area contributed by atoms with Gasteiger partial charge in [-0.25, -0.2) is 8.78 Å². The number of halogens is 2. The molecule has 0 saturated heterocycles. The van der Waals surface area contributed by atoms with E-state index >= 15 is 0 Å². The van der Waals surface area contributed by atoms with Crippen molar-refractivity contribution >= 4 is 11.8 Å². The van der Waals surface area contributed by atoms with Crippen LogP contribution in [-0.4, -0.2) is 11.4 Å². The molecule has 1 unspecified atom stereocenters. The Hall–Kier alpha value is -1.39. The summed E-state index contributed by atoms with van der Waals surface area (Å²) in [4.78, 5) is 1.06. The van der Waals surface area contributed by atoms with Crippen LogP contribution in [0.3, 0.4) is 0 Å². The van der Waals surface area contributed by atoms with Crippen molar-refractivity contribution in [2.24, 2.45) is 0 Å². The molecule has 0 spiro atoms. The van der Waals surface area contributed by atoms with Gasteiger partial charge in [-0.3, -0.25) is 0 Å². The summed E-state index contributed by atoms with van der Waals surface area (Å²) in [6.45, 7) is 0. The van der Waals surface area contributed by atoms with E-state index in [2.05, 4.69) is 0 Å². The molecule has 0 fully saturated rings. The Kier molecular flexibility index (Phi) is 3.99. The standard InChI is InChI=1S/C14H12F2OS/c1-18-11-5-2-9(3-6-11)14(17)12-7-4-10(15)8-13(12)16/h2-8,14,17H,1H3. The first-order valence-electron chi connectivity index (χ1n) is 5.39. The lowest BCUT2D eigenvalue weighted by atomic mass is 10.0. The highest BCUT2D eigenvalue weighted by Crippen LogP contribution is 2.26. The largest absolute Gasteiger partial charge is 0.384 e. The van der Waals surface area contributed by atoms with Gasteiger partial charge in [-0.1, -0.05) is 18.2 Å². The normalized spacial score (nSPS) is 12.4. The van der Waals surface area contributed by atoms with Gasteiger partial charge < -0.3 is 5.11 Å². The van der Waals surface area contributed by atoms with Gasteiger partial charge >= 0.3 is 0 Å². The van der Waals surface area contributed by atoms with Crippen LogP contribution in [0.15, 0.2) is 47.4 Å². The lowest BCUT2D eigenvalue weighted by Gasteiger charge is -2.12. The highest BCUT2D eigenvalue weighted by molar-refractivity contribution is 7.98. The third-order valence-electron chi connectivity index (χ3n) is 2.69. The van der Waals surface area contributed by atoms with E-state index in [0.29, 0.717) is 5.56 Å². The Morgan fingerprint density at radius 3 is 2.28 bits per heavy atom. The van der Waals surface area contributed by atoms with E-state index in [1.54, 1.807) is 23.9 Å². The summed E-state index contributed by atoms with van der Waals surface area (Å²) < 4.78 is 26.3. The zero-order valence-corrected chi connectivity index (χ0v) is 10.5. The second-order valence-corrected chi connectivity index (χ2v) is 4.72. The highest BCUT2D eigenvalue weighted by atomic mass is 32.2. The summed E-state index contributed by atoms with van der Waals surface area (Å²) in [5, 5.41) is 10.1. The van der Waals surface area contributed by atoms with Gasteiger partial charge in [-0.2, -0.15) is 0 Å². The first kappa shape index (κ1) is 13.1. The lowest BCUT2D eigenvalue weighted by Crippen LogP contribution is -2.02. The molecule has 2 rings (SSSR count). The summed E-state index contributed by atoms with van der Waals surface area (Å²) in [7, 11) is 0. The van der Waals surface area contributed by atoms with Crippen LogP contribution in [0.25, 0.3) is 0 Å². The van der Waals surface area contributed by atoms with E-state index in [1.807, 2.05) is 18.4 Å². The zero-order valence-electron chi connectivity index (χ0n) is 9.73. The molecule has 1 nitrogen and oxygen atoms in total. The van der Waals surface area contributed by atoms with Gasteiger partial charge in [0.15, 0.2) is 0 Å². The number of aliphatic hydroxyl groups excluding tert-OH is 1. The predicted octanol–water partition coefficient (Wildman–Crippen LogP) is 3.77. The number of benzene rings is 2. The van der Waals surface area contributed by atoms with Crippen molar-refractivity contribution in [2.45, 2.75) is 11.0 Å². The van der Waals surface area contributed by atoms with Gasteiger partial charge in [0.25, 0.3) is 0 Å². The minimum atomic E-state index is -1.08. The number of hydrogen-bond donors (Lipinski definition) is 1. The molecule has 0 aliphatic heterocycles. The quantitative estimate of drug-likeness (QED) is 0.853. The molecular weight excluding hydrogens is 254 g/mol. The Labute approximate surface area is 108 Å². The van der Waals surface area contributed by atoms with Crippen molar-refractivity contribution in [3.05, 3.63) is 65.2 Å². The van der Waals surface area contributed by atoms with Gasteiger partial charge in [0.05, 0.1) is 0 Å². The van der Waals surface area contributed by atoms with Crippen molar-refractivity contribution in [1.82, 2.24) is 0 Å². The van der Waals surface area contributed by atoms with E-state index in [4.69, 9.17) is 0 Å². The number of hydrogen-bond acceptors (Lipinski definition) is 2. The maximum atomic E-state index is 13.5. The van der Waals surface area contributed by atoms with Crippen molar-refractivity contribution in [2.75, 3.05) is 6.26 Å². The highest BCUT2D eigenvalue weighted by Gasteiger charge is 2.15. The minimum Gasteiger partial charge on any atom is -0.384 e. The fourth-order valence-corrected chi connectivity index (χ4v) is 2.10. The Morgan fingerprint density at radius 1 is 1.06 bits per heavy atom. The molecule has 18 heavy (non-hydrogen) atoms. The smallest absolute Gasteiger partial charge is 0.132 e. The van der Waals surface area contributed by atoms with Gasteiger partial charge in [0.1, 0.15) is 17.7 Å². The summed E-state index contributed by atoms with van der Waals surface area (Å²) in [6, 6.07) is 10.3. The Balaban J connectivity index is 2.31. The van der Waals surface area contributed by atoms with Crippen LogP contribution in [0.1, 0.15) is 17.2 Å². The van der Waals surface area contributed by atoms with Crippen molar-refractivity contribution in [3.8, 4) is 0 Å². The maximum Gasteiger partial charge on any atom is 0.132 e. The Morgan fingerprint density at radius 2 is 1.72 bits per heavy atom. The minimum absolute atomic E-state index is 0.0771. The molecule has 0 aliphatic carbocycles. The van der Waals surface area contributed by atoms with Crippen molar-refractivity contribution in [3.63, 3.8) is 0 Å². The average molecular weight is 266 g/mol. The van der Waals surface area contributed by atoms with Crippen LogP contribution in [0.5, 0.6) is 0 Å². The molecule has 0 heterocycles. The number of thioether (sulfide) groups is 1. The third kappa shape index (κ3) is 2.71. The molecule has 0 bridgehead atoms. The Bertz CT molecular complexity index is 540. The molecule has 1 N–H and O–H groups in total. The van der Waals surface area contributed by atoms with Gasteiger partial charge in [0, 0.05) is 16.5 Å². The van der Waals surface area contributed by atoms with E-state index < -0.39 is 17.7 Å². The summed E-state index contributed by atoms with van der Waals surface area (Å²) >= 11 is 1.58. The average Bonchev–Trinajstić information content (AvgIpc) is 2.38. The maximum absolute atomic E-state index is 13.5. The molecule has 0 aliphatic rings. The number of rotatable bonds is 3. The second kappa shape index (κ2) is 5.50. The first-order valence-corrected chi connectivity index (χ1v) is 6.61. The van der Waals surface area contributed by atoms with E-state index in [9.17, 15) is 13.9 Å². The van der Waals surface area contributed by atoms with Gasteiger partial charge in [0.2, 0.25) is 0 Å². The SMILES string of the molecule is CSc1ccc(C(O)c2ccc(F)cc2F)cc1. The molecule has 2 aromatic carbocycles. The van der Waals surface area contributed by atoms with Crippen LogP contribution >= 0.6 is 11.8 Å². The van der Waals surface area contributed by atoms with Gasteiger partial charge in [-0.05, 0) is 30.0 Å². The van der Waals surface area contributed by atoms with Crippen LogP contribution in [0, 0.1) is 11.6 Å². The van der Waals surface area contributed by atoms with Gasteiger partial charge in [-0.15, -0.1) is 11.8 Å². The first-order chi connectivity index (χ1) is 8.61. The van der Waals surface area contributed by atoms with Crippen LogP contribution in [-0.2, 0) is 0 Å². The molecule has 0 radical (unpaired) electrons. The van der Waals surface area contributed by atoms with Crippen LogP contribution in [0.2, 0.25) is 0 Å². The topological polar surface area (TPSA) is 20.2 Å². The fourth-order valence-electron chi connectivity index (χ4n) is 1.69. The molecule has 0 saturated carbocycles. The summed E-state index contributed by atoms with van der Waals surface area (Å²) in [5.41, 5.74) is 0.659. The van der Waals surface area contributed by atoms with Crippen LogP contribution in [0.4, 0.5) is 8.78 Å². The summed E-state index contributed by atoms with van der Waals surface area (Å²) in [5.74, 6) is -1.39. The third-order valence-corrected chi connectivity index (χ3v) is 3.43. The van der Waals surface area contributed by atoms with Crippen molar-refractivity contribution in [1.29, 1.82) is 0 Å². The fraction of sp³-hybridized carbons (Fsp3) is 0.143. The monoisotopic (exact) mass is 266 g/mol. The molecular formula is C14H12F2OS. The summed E-state index contributed by atoms with van der Waals surface area (Å²) in [6.07, 6.45) is 0.868. The number of aliphatic hydroxyl groups is 1. The second-order valence-electron chi connectivity index (χ2n) is 3.84.